The SMILES string of the molecule is NC(=O)c1c(F)c(Br)cc2c(C3CCS(=O)(=O)CC3)c[nH]c12. The summed E-state index contributed by atoms with van der Waals surface area (Å²) in [6.07, 6.45) is 2.76. The predicted octanol–water partition coefficient (Wildman–Crippen LogP) is 2.46. The molecule has 5 nitrogen and oxygen atoms in total. The van der Waals surface area contributed by atoms with Crippen molar-refractivity contribution >= 4 is 42.6 Å². The number of aromatic nitrogens is 1. The first kappa shape index (κ1) is 15.5. The molecule has 1 fully saturated rings. The van der Waals surface area contributed by atoms with E-state index in [1.165, 1.54) is 0 Å². The molecule has 0 unspecified atom stereocenters. The molecule has 0 bridgehead atoms. The Hall–Kier alpha value is -1.41. The van der Waals surface area contributed by atoms with Gasteiger partial charge in [0.15, 0.2) is 5.82 Å². The number of carbonyl (C=O) groups is 1. The lowest BCUT2D eigenvalue weighted by molar-refractivity contribution is 0.0998. The number of carbonyl (C=O) groups excluding carboxylic acids is 1. The number of H-pyrrole nitrogens is 1. The molecule has 8 heteroatoms. The molecule has 0 radical (unpaired) electrons. The zero-order chi connectivity index (χ0) is 16.1. The third-order valence-electron chi connectivity index (χ3n) is 4.14. The van der Waals surface area contributed by atoms with Crippen molar-refractivity contribution in [2.75, 3.05) is 11.5 Å². The Labute approximate surface area is 135 Å². The molecule has 118 valence electrons. The van der Waals surface area contributed by atoms with Gasteiger partial charge in [0, 0.05) is 11.6 Å². The molecule has 22 heavy (non-hydrogen) atoms. The number of primary amides is 1. The van der Waals surface area contributed by atoms with Gasteiger partial charge in [0.25, 0.3) is 5.91 Å². The molecule has 0 spiro atoms. The van der Waals surface area contributed by atoms with Gasteiger partial charge in [-0.3, -0.25) is 4.79 Å². The number of nitrogens with one attached hydrogen (secondary N) is 1. The minimum atomic E-state index is -2.95. The van der Waals surface area contributed by atoms with Crippen LogP contribution >= 0.6 is 15.9 Å². The lowest BCUT2D eigenvalue weighted by Gasteiger charge is -2.21. The summed E-state index contributed by atoms with van der Waals surface area (Å²) in [5.41, 5.74) is 6.35. The minimum Gasteiger partial charge on any atom is -0.365 e. The molecule has 1 aromatic carbocycles. The second-order valence-electron chi connectivity index (χ2n) is 5.50. The number of aromatic amines is 1. The van der Waals surface area contributed by atoms with E-state index in [9.17, 15) is 17.6 Å². The Balaban J connectivity index is 2.12. The van der Waals surface area contributed by atoms with Crippen LogP contribution in [-0.4, -0.2) is 30.8 Å². The fourth-order valence-electron chi connectivity index (χ4n) is 3.00. The summed E-state index contributed by atoms with van der Waals surface area (Å²) in [6, 6.07) is 1.60. The lowest BCUT2D eigenvalue weighted by atomic mass is 9.92. The number of hydrogen-bond donors (Lipinski definition) is 2. The van der Waals surface area contributed by atoms with Gasteiger partial charge in [-0.1, -0.05) is 0 Å². The van der Waals surface area contributed by atoms with Crippen LogP contribution in [0.1, 0.15) is 34.7 Å². The van der Waals surface area contributed by atoms with Crippen molar-refractivity contribution in [1.29, 1.82) is 0 Å². The van der Waals surface area contributed by atoms with Crippen molar-refractivity contribution in [3.63, 3.8) is 0 Å². The van der Waals surface area contributed by atoms with Gasteiger partial charge in [0.2, 0.25) is 0 Å². The van der Waals surface area contributed by atoms with Crippen molar-refractivity contribution in [2.45, 2.75) is 18.8 Å². The summed E-state index contributed by atoms with van der Waals surface area (Å²) in [6.45, 7) is 0. The highest BCUT2D eigenvalue weighted by molar-refractivity contribution is 9.10. The van der Waals surface area contributed by atoms with Crippen LogP contribution in [0.5, 0.6) is 0 Å². The first-order valence-electron chi connectivity index (χ1n) is 6.79. The first-order valence-corrected chi connectivity index (χ1v) is 9.41. The van der Waals surface area contributed by atoms with Crippen molar-refractivity contribution in [1.82, 2.24) is 4.98 Å². The van der Waals surface area contributed by atoms with E-state index in [4.69, 9.17) is 5.73 Å². The van der Waals surface area contributed by atoms with Crippen LogP contribution in [0, 0.1) is 5.82 Å². The van der Waals surface area contributed by atoms with E-state index >= 15 is 0 Å². The Morgan fingerprint density at radius 2 is 2.00 bits per heavy atom. The average Bonchev–Trinajstić information content (AvgIpc) is 2.82. The maximum atomic E-state index is 14.1. The van der Waals surface area contributed by atoms with Gasteiger partial charge >= 0.3 is 0 Å². The van der Waals surface area contributed by atoms with Crippen LogP contribution < -0.4 is 5.73 Å². The summed E-state index contributed by atoms with van der Waals surface area (Å²) in [5.74, 6) is -1.18. The smallest absolute Gasteiger partial charge is 0.253 e. The van der Waals surface area contributed by atoms with Crippen molar-refractivity contribution in [3.05, 3.63) is 33.7 Å². The standard InChI is InChI=1S/C14H14BrFN2O3S/c15-10-5-8-9(7-1-3-22(20,21)4-2-7)6-18-13(8)11(12(10)16)14(17)19/h5-7,18H,1-4H2,(H2,17,19). The summed E-state index contributed by atoms with van der Waals surface area (Å²) in [4.78, 5) is 14.4. The maximum Gasteiger partial charge on any atom is 0.253 e. The molecule has 1 aliphatic heterocycles. The minimum absolute atomic E-state index is 0.0652. The fourth-order valence-corrected chi connectivity index (χ4v) is 4.92. The second kappa shape index (κ2) is 5.34. The Bertz CT molecular complexity index is 862. The Morgan fingerprint density at radius 1 is 1.36 bits per heavy atom. The van der Waals surface area contributed by atoms with Crippen LogP contribution in [0.2, 0.25) is 0 Å². The van der Waals surface area contributed by atoms with Crippen LogP contribution in [0.4, 0.5) is 4.39 Å². The largest absolute Gasteiger partial charge is 0.365 e. The third-order valence-corrected chi connectivity index (χ3v) is 6.44. The van der Waals surface area contributed by atoms with Crippen LogP contribution in [0.15, 0.2) is 16.7 Å². The fraction of sp³-hybridized carbons (Fsp3) is 0.357. The highest BCUT2D eigenvalue weighted by atomic mass is 79.9. The van der Waals surface area contributed by atoms with Gasteiger partial charge in [-0.15, -0.1) is 0 Å². The van der Waals surface area contributed by atoms with Gasteiger partial charge < -0.3 is 10.7 Å². The zero-order valence-corrected chi connectivity index (χ0v) is 13.9. The molecular weight excluding hydrogens is 375 g/mol. The molecular formula is C14H14BrFN2O3S. The molecule has 1 aliphatic rings. The summed E-state index contributed by atoms with van der Waals surface area (Å²) < 4.78 is 37.3. The van der Waals surface area contributed by atoms with Crippen LogP contribution in [0.25, 0.3) is 10.9 Å². The third kappa shape index (κ3) is 2.54. The number of amides is 1. The molecule has 3 rings (SSSR count). The number of benzene rings is 1. The molecule has 0 aliphatic carbocycles. The van der Waals surface area contributed by atoms with E-state index in [0.717, 1.165) is 5.56 Å². The van der Waals surface area contributed by atoms with E-state index in [1.807, 2.05) is 0 Å². The molecule has 0 atom stereocenters. The normalized spacial score (nSPS) is 18.6. The summed E-state index contributed by atoms with van der Waals surface area (Å²) in [7, 11) is -2.95. The molecule has 2 heterocycles. The highest BCUT2D eigenvalue weighted by Crippen LogP contribution is 2.37. The van der Waals surface area contributed by atoms with E-state index in [0.29, 0.717) is 23.7 Å². The lowest BCUT2D eigenvalue weighted by Crippen LogP contribution is -2.22. The van der Waals surface area contributed by atoms with Crippen molar-refractivity contribution in [2.24, 2.45) is 5.73 Å². The van der Waals surface area contributed by atoms with Gasteiger partial charge in [-0.05, 0) is 46.3 Å². The predicted molar refractivity (Wildman–Crippen MR) is 85.1 cm³/mol. The van der Waals surface area contributed by atoms with E-state index < -0.39 is 21.6 Å². The topological polar surface area (TPSA) is 93.0 Å². The van der Waals surface area contributed by atoms with Crippen LogP contribution in [-0.2, 0) is 9.84 Å². The number of sulfone groups is 1. The van der Waals surface area contributed by atoms with E-state index in [2.05, 4.69) is 20.9 Å². The van der Waals surface area contributed by atoms with Gasteiger partial charge in [-0.25, -0.2) is 12.8 Å². The first-order chi connectivity index (χ1) is 10.3. The Morgan fingerprint density at radius 3 is 2.59 bits per heavy atom. The van der Waals surface area contributed by atoms with Gasteiger partial charge in [0.05, 0.1) is 21.5 Å². The molecule has 1 saturated heterocycles. The number of hydrogen-bond acceptors (Lipinski definition) is 3. The second-order valence-corrected chi connectivity index (χ2v) is 8.66. The number of fused-ring (bicyclic) bond motifs is 1. The maximum absolute atomic E-state index is 14.1. The molecule has 2 aromatic rings. The number of nitrogens with two attached hydrogens (primary N) is 1. The molecule has 1 amide bonds. The number of rotatable bonds is 2. The highest BCUT2D eigenvalue weighted by Gasteiger charge is 2.28. The monoisotopic (exact) mass is 388 g/mol. The quantitative estimate of drug-likeness (QED) is 0.827. The van der Waals surface area contributed by atoms with Gasteiger partial charge in [0.1, 0.15) is 15.4 Å². The van der Waals surface area contributed by atoms with Gasteiger partial charge in [-0.2, -0.15) is 0 Å². The average molecular weight is 389 g/mol. The zero-order valence-electron chi connectivity index (χ0n) is 11.5. The summed E-state index contributed by atoms with van der Waals surface area (Å²) >= 11 is 3.10. The van der Waals surface area contributed by atoms with Crippen molar-refractivity contribution in [3.8, 4) is 0 Å². The Kier molecular flexibility index (Phi) is 3.76. The van der Waals surface area contributed by atoms with Crippen LogP contribution in [0.3, 0.4) is 0 Å². The number of halogens is 2. The molecule has 0 saturated carbocycles. The molecule has 1 aromatic heterocycles. The van der Waals surface area contributed by atoms with E-state index in [-0.39, 0.29) is 27.5 Å². The van der Waals surface area contributed by atoms with Crippen molar-refractivity contribution < 1.29 is 17.6 Å². The molecule has 3 N–H and O–H groups in total. The summed E-state index contributed by atoms with van der Waals surface area (Å²) in [5, 5.41) is 0.700. The van der Waals surface area contributed by atoms with E-state index in [1.54, 1.807) is 12.3 Å².